The topological polar surface area (TPSA) is 41.6 Å². The molecule has 1 aliphatic rings. The smallest absolute Gasteiger partial charge is 0.407 e. The van der Waals surface area contributed by atoms with Gasteiger partial charge in [0.05, 0.1) is 0 Å². The van der Waals surface area contributed by atoms with E-state index in [0.717, 1.165) is 25.9 Å². The molecule has 1 amide bonds. The molecule has 0 bridgehead atoms. The molecular formula is C17H26N2O2. The minimum absolute atomic E-state index is 0.320. The van der Waals surface area contributed by atoms with E-state index in [4.69, 9.17) is 4.74 Å². The van der Waals surface area contributed by atoms with Crippen LogP contribution < -0.4 is 10.2 Å². The van der Waals surface area contributed by atoms with E-state index in [2.05, 4.69) is 34.5 Å². The maximum Gasteiger partial charge on any atom is 0.407 e. The number of amides is 1. The summed E-state index contributed by atoms with van der Waals surface area (Å²) < 4.78 is 5.28. The Morgan fingerprint density at radius 3 is 2.71 bits per heavy atom. The van der Waals surface area contributed by atoms with Crippen molar-refractivity contribution in [3.8, 4) is 0 Å². The lowest BCUT2D eigenvalue weighted by Gasteiger charge is -2.34. The lowest BCUT2D eigenvalue weighted by Crippen LogP contribution is -2.42. The van der Waals surface area contributed by atoms with Gasteiger partial charge in [-0.2, -0.15) is 0 Å². The Bertz CT molecular complexity index is 454. The van der Waals surface area contributed by atoms with Crippen molar-refractivity contribution in [1.29, 1.82) is 0 Å². The van der Waals surface area contributed by atoms with Gasteiger partial charge in [-0.15, -0.1) is 0 Å². The zero-order chi connectivity index (χ0) is 15.3. The Labute approximate surface area is 127 Å². The minimum atomic E-state index is -0.438. The molecule has 1 unspecified atom stereocenters. The van der Waals surface area contributed by atoms with Gasteiger partial charge in [0.25, 0.3) is 0 Å². The van der Waals surface area contributed by atoms with Gasteiger partial charge < -0.3 is 15.0 Å². The summed E-state index contributed by atoms with van der Waals surface area (Å²) >= 11 is 0. The van der Waals surface area contributed by atoms with Crippen LogP contribution in [0.25, 0.3) is 0 Å². The van der Waals surface area contributed by atoms with Crippen molar-refractivity contribution in [3.05, 3.63) is 30.3 Å². The maximum absolute atomic E-state index is 11.7. The summed E-state index contributed by atoms with van der Waals surface area (Å²) in [6.07, 6.45) is 1.99. The standard InChI is InChI=1S/C17H26N2O2/c1-17(2,3)21-16(20)18-12-14-8-7-11-19(13-14)15-9-5-4-6-10-15/h4-6,9-10,14H,7-8,11-13H2,1-3H3,(H,18,20). The quantitative estimate of drug-likeness (QED) is 0.927. The number of anilines is 1. The van der Waals surface area contributed by atoms with E-state index in [1.807, 2.05) is 26.8 Å². The number of carbonyl (C=O) groups excluding carboxylic acids is 1. The molecule has 0 spiro atoms. The highest BCUT2D eigenvalue weighted by atomic mass is 16.6. The molecule has 0 saturated carbocycles. The van der Waals surface area contributed by atoms with Gasteiger partial charge in [-0.05, 0) is 51.7 Å². The first-order valence-electron chi connectivity index (χ1n) is 7.71. The fourth-order valence-corrected chi connectivity index (χ4v) is 2.65. The molecule has 0 aliphatic carbocycles. The second-order valence-corrected chi connectivity index (χ2v) is 6.67. The summed E-state index contributed by atoms with van der Waals surface area (Å²) in [4.78, 5) is 14.1. The molecule has 1 N–H and O–H groups in total. The second kappa shape index (κ2) is 6.83. The van der Waals surface area contributed by atoms with E-state index < -0.39 is 5.60 Å². The predicted octanol–water partition coefficient (Wildman–Crippen LogP) is 3.43. The van der Waals surface area contributed by atoms with Crippen molar-refractivity contribution < 1.29 is 9.53 Å². The number of rotatable bonds is 3. The number of piperidine rings is 1. The Balaban J connectivity index is 1.81. The zero-order valence-corrected chi connectivity index (χ0v) is 13.3. The van der Waals surface area contributed by atoms with Crippen molar-refractivity contribution in [2.75, 3.05) is 24.5 Å². The Kier molecular flexibility index (Phi) is 5.10. The molecular weight excluding hydrogens is 264 g/mol. The minimum Gasteiger partial charge on any atom is -0.444 e. The molecule has 21 heavy (non-hydrogen) atoms. The predicted molar refractivity (Wildman–Crippen MR) is 85.6 cm³/mol. The van der Waals surface area contributed by atoms with Crippen LogP contribution in [0.3, 0.4) is 0 Å². The second-order valence-electron chi connectivity index (χ2n) is 6.67. The first kappa shape index (κ1) is 15.7. The van der Waals surface area contributed by atoms with E-state index in [0.29, 0.717) is 12.5 Å². The van der Waals surface area contributed by atoms with Crippen LogP contribution in [0, 0.1) is 5.92 Å². The molecule has 1 aromatic rings. The van der Waals surface area contributed by atoms with Crippen LogP contribution >= 0.6 is 0 Å². The van der Waals surface area contributed by atoms with Crippen LogP contribution in [0.15, 0.2) is 30.3 Å². The van der Waals surface area contributed by atoms with Crippen molar-refractivity contribution in [2.24, 2.45) is 5.92 Å². The van der Waals surface area contributed by atoms with Crippen LogP contribution in [-0.4, -0.2) is 31.3 Å². The summed E-state index contributed by atoms with van der Waals surface area (Å²) in [5.74, 6) is 0.478. The molecule has 0 radical (unpaired) electrons. The number of alkyl carbamates (subject to hydrolysis) is 1. The Morgan fingerprint density at radius 2 is 2.05 bits per heavy atom. The number of para-hydroxylation sites is 1. The molecule has 1 aliphatic heterocycles. The third kappa shape index (κ3) is 5.29. The molecule has 4 heteroatoms. The molecule has 1 saturated heterocycles. The zero-order valence-electron chi connectivity index (χ0n) is 13.3. The van der Waals surface area contributed by atoms with Gasteiger partial charge in [0, 0.05) is 25.3 Å². The normalized spacial score (nSPS) is 19.2. The van der Waals surface area contributed by atoms with Crippen LogP contribution in [0.1, 0.15) is 33.6 Å². The average molecular weight is 290 g/mol. The van der Waals surface area contributed by atoms with Crippen molar-refractivity contribution >= 4 is 11.8 Å². The third-order valence-corrected chi connectivity index (χ3v) is 3.57. The average Bonchev–Trinajstić information content (AvgIpc) is 2.45. The molecule has 116 valence electrons. The number of hydrogen-bond donors (Lipinski definition) is 1. The van der Waals surface area contributed by atoms with Crippen LogP contribution in [0.2, 0.25) is 0 Å². The summed E-state index contributed by atoms with van der Waals surface area (Å²) in [7, 11) is 0. The summed E-state index contributed by atoms with van der Waals surface area (Å²) in [6, 6.07) is 10.5. The summed E-state index contributed by atoms with van der Waals surface area (Å²) in [5, 5.41) is 2.89. The number of nitrogens with zero attached hydrogens (tertiary/aromatic N) is 1. The fourth-order valence-electron chi connectivity index (χ4n) is 2.65. The van der Waals surface area contributed by atoms with E-state index in [1.54, 1.807) is 0 Å². The monoisotopic (exact) mass is 290 g/mol. The van der Waals surface area contributed by atoms with Crippen LogP contribution in [-0.2, 0) is 4.74 Å². The third-order valence-electron chi connectivity index (χ3n) is 3.57. The number of ether oxygens (including phenoxy) is 1. The number of nitrogens with one attached hydrogen (secondary N) is 1. The van der Waals surface area contributed by atoms with Gasteiger partial charge in [-0.3, -0.25) is 0 Å². The van der Waals surface area contributed by atoms with Crippen LogP contribution in [0.4, 0.5) is 10.5 Å². The van der Waals surface area contributed by atoms with Gasteiger partial charge in [0.15, 0.2) is 0 Å². The number of hydrogen-bond acceptors (Lipinski definition) is 3. The van der Waals surface area contributed by atoms with Gasteiger partial charge in [-0.25, -0.2) is 4.79 Å². The first-order valence-corrected chi connectivity index (χ1v) is 7.71. The molecule has 2 rings (SSSR count). The lowest BCUT2D eigenvalue weighted by atomic mass is 9.97. The Hall–Kier alpha value is -1.71. The highest BCUT2D eigenvalue weighted by Gasteiger charge is 2.22. The number of carbonyl (C=O) groups is 1. The van der Waals surface area contributed by atoms with Gasteiger partial charge in [-0.1, -0.05) is 18.2 Å². The molecule has 1 fully saturated rings. The van der Waals surface area contributed by atoms with Crippen LogP contribution in [0.5, 0.6) is 0 Å². The maximum atomic E-state index is 11.7. The highest BCUT2D eigenvalue weighted by molar-refractivity contribution is 5.67. The van der Waals surface area contributed by atoms with Crippen molar-refractivity contribution in [2.45, 2.75) is 39.2 Å². The Morgan fingerprint density at radius 1 is 1.33 bits per heavy atom. The van der Waals surface area contributed by atoms with Crippen molar-refractivity contribution in [1.82, 2.24) is 5.32 Å². The highest BCUT2D eigenvalue weighted by Crippen LogP contribution is 2.22. The molecule has 1 aromatic carbocycles. The molecule has 1 atom stereocenters. The molecule has 0 aromatic heterocycles. The summed E-state index contributed by atoms with van der Waals surface area (Å²) in [5.41, 5.74) is 0.826. The summed E-state index contributed by atoms with van der Waals surface area (Å²) in [6.45, 7) is 8.39. The fraction of sp³-hybridized carbons (Fsp3) is 0.588. The molecule has 4 nitrogen and oxygen atoms in total. The van der Waals surface area contributed by atoms with Gasteiger partial charge in [0.2, 0.25) is 0 Å². The van der Waals surface area contributed by atoms with Crippen molar-refractivity contribution in [3.63, 3.8) is 0 Å². The van der Waals surface area contributed by atoms with E-state index in [-0.39, 0.29) is 6.09 Å². The largest absolute Gasteiger partial charge is 0.444 e. The van der Waals surface area contributed by atoms with Gasteiger partial charge in [0.1, 0.15) is 5.60 Å². The molecule has 1 heterocycles. The SMILES string of the molecule is CC(C)(C)OC(=O)NCC1CCCN(c2ccccc2)C1. The lowest BCUT2D eigenvalue weighted by molar-refractivity contribution is 0.0517. The van der Waals surface area contributed by atoms with Gasteiger partial charge >= 0.3 is 6.09 Å². The van der Waals surface area contributed by atoms with E-state index in [1.165, 1.54) is 5.69 Å². The van der Waals surface area contributed by atoms with E-state index >= 15 is 0 Å². The van der Waals surface area contributed by atoms with E-state index in [9.17, 15) is 4.79 Å². The first-order chi connectivity index (χ1) is 9.94. The number of benzene rings is 1.